The van der Waals surface area contributed by atoms with Gasteiger partial charge in [-0.1, -0.05) is 6.08 Å². The third-order valence-corrected chi connectivity index (χ3v) is 6.05. The minimum absolute atomic E-state index is 0.0708. The predicted molar refractivity (Wildman–Crippen MR) is 135 cm³/mol. The number of rotatable bonds is 8. The third-order valence-electron chi connectivity index (χ3n) is 6.05. The van der Waals surface area contributed by atoms with Gasteiger partial charge < -0.3 is 19.4 Å². The molecule has 1 saturated heterocycles. The SMILES string of the molecule is C=CCN(CC(=O)N1CCN(c2ccc(-c3ccc(OC)cc3)nn2)CC1)C(=O)c1ccc(F)cc1. The van der Waals surface area contributed by atoms with Crippen molar-refractivity contribution in [3.8, 4) is 17.0 Å². The molecule has 1 aliphatic heterocycles. The van der Waals surface area contributed by atoms with Crippen LogP contribution >= 0.6 is 0 Å². The topological polar surface area (TPSA) is 78.9 Å². The highest BCUT2D eigenvalue weighted by Crippen LogP contribution is 2.22. The number of carbonyl (C=O) groups excluding carboxylic acids is 2. The molecule has 2 aromatic carbocycles. The van der Waals surface area contributed by atoms with Crippen molar-refractivity contribution in [1.82, 2.24) is 20.0 Å². The second-order valence-electron chi connectivity index (χ2n) is 8.35. The Kier molecular flexibility index (Phi) is 7.89. The highest BCUT2D eigenvalue weighted by molar-refractivity contribution is 5.96. The van der Waals surface area contributed by atoms with E-state index in [-0.39, 0.29) is 24.9 Å². The maximum atomic E-state index is 13.2. The van der Waals surface area contributed by atoms with E-state index in [9.17, 15) is 14.0 Å². The Morgan fingerprint density at radius 3 is 2.28 bits per heavy atom. The van der Waals surface area contributed by atoms with Crippen LogP contribution in [0.4, 0.5) is 10.2 Å². The van der Waals surface area contributed by atoms with Crippen LogP contribution in [0.5, 0.6) is 5.75 Å². The Morgan fingerprint density at radius 1 is 1.00 bits per heavy atom. The van der Waals surface area contributed by atoms with E-state index in [2.05, 4.69) is 21.7 Å². The van der Waals surface area contributed by atoms with Gasteiger partial charge in [-0.3, -0.25) is 9.59 Å². The number of hydrogen-bond acceptors (Lipinski definition) is 6. The van der Waals surface area contributed by atoms with E-state index >= 15 is 0 Å². The van der Waals surface area contributed by atoms with Gasteiger partial charge in [0.1, 0.15) is 18.1 Å². The standard InChI is InChI=1S/C27H28FN5O3/c1-3-14-33(27(35)21-4-8-22(28)9-5-21)19-26(34)32-17-15-31(16-18-32)25-13-12-24(29-30-25)20-6-10-23(36-2)11-7-20/h3-13H,1,14-19H2,2H3. The summed E-state index contributed by atoms with van der Waals surface area (Å²) in [5, 5.41) is 8.73. The number of piperazine rings is 1. The Balaban J connectivity index is 1.33. The second kappa shape index (κ2) is 11.4. The quantitative estimate of drug-likeness (QED) is 0.452. The van der Waals surface area contributed by atoms with Crippen molar-refractivity contribution >= 4 is 17.6 Å². The maximum Gasteiger partial charge on any atom is 0.254 e. The molecule has 0 unspecified atom stereocenters. The summed E-state index contributed by atoms with van der Waals surface area (Å²) in [5.41, 5.74) is 2.04. The van der Waals surface area contributed by atoms with Gasteiger partial charge in [0.2, 0.25) is 5.91 Å². The molecule has 4 rings (SSSR count). The lowest BCUT2D eigenvalue weighted by molar-refractivity contribution is -0.132. The molecular weight excluding hydrogens is 461 g/mol. The molecule has 9 heteroatoms. The molecule has 1 fully saturated rings. The fourth-order valence-corrected chi connectivity index (χ4v) is 4.01. The molecule has 2 amide bonds. The van der Waals surface area contributed by atoms with Gasteiger partial charge in [-0.25, -0.2) is 4.39 Å². The van der Waals surface area contributed by atoms with Gasteiger partial charge in [0.25, 0.3) is 5.91 Å². The van der Waals surface area contributed by atoms with Crippen LogP contribution in [-0.4, -0.2) is 78.2 Å². The number of halogens is 1. The zero-order chi connectivity index (χ0) is 25.5. The molecule has 8 nitrogen and oxygen atoms in total. The zero-order valence-electron chi connectivity index (χ0n) is 20.1. The van der Waals surface area contributed by atoms with E-state index in [0.717, 1.165) is 22.8 Å². The molecule has 0 aliphatic carbocycles. The van der Waals surface area contributed by atoms with E-state index in [1.54, 1.807) is 18.1 Å². The van der Waals surface area contributed by atoms with E-state index in [1.807, 2.05) is 36.4 Å². The van der Waals surface area contributed by atoms with Gasteiger partial charge in [-0.15, -0.1) is 16.8 Å². The van der Waals surface area contributed by atoms with Crippen molar-refractivity contribution in [3.63, 3.8) is 0 Å². The first-order chi connectivity index (χ1) is 17.5. The minimum atomic E-state index is -0.421. The van der Waals surface area contributed by atoms with Crippen molar-refractivity contribution in [2.45, 2.75) is 0 Å². The number of benzene rings is 2. The summed E-state index contributed by atoms with van der Waals surface area (Å²) in [6, 6.07) is 16.8. The normalized spacial score (nSPS) is 13.3. The first-order valence-electron chi connectivity index (χ1n) is 11.6. The summed E-state index contributed by atoms with van der Waals surface area (Å²) in [6.07, 6.45) is 1.57. The number of ether oxygens (including phenoxy) is 1. The number of hydrogen-bond donors (Lipinski definition) is 0. The van der Waals surface area contributed by atoms with E-state index < -0.39 is 5.82 Å². The molecule has 2 heterocycles. The number of amides is 2. The van der Waals surface area contributed by atoms with Crippen molar-refractivity contribution in [3.05, 3.63) is 84.7 Å². The van der Waals surface area contributed by atoms with Crippen LogP contribution in [-0.2, 0) is 4.79 Å². The highest BCUT2D eigenvalue weighted by Gasteiger charge is 2.25. The molecule has 0 atom stereocenters. The van der Waals surface area contributed by atoms with Gasteiger partial charge >= 0.3 is 0 Å². The van der Waals surface area contributed by atoms with Gasteiger partial charge in [0.05, 0.1) is 12.8 Å². The van der Waals surface area contributed by atoms with E-state index in [1.165, 1.54) is 29.2 Å². The van der Waals surface area contributed by atoms with Gasteiger partial charge in [0, 0.05) is 43.9 Å². The molecule has 0 N–H and O–H groups in total. The number of nitrogens with zero attached hydrogens (tertiary/aromatic N) is 5. The number of anilines is 1. The maximum absolute atomic E-state index is 13.2. The van der Waals surface area contributed by atoms with Crippen LogP contribution in [0.1, 0.15) is 10.4 Å². The van der Waals surface area contributed by atoms with Crippen molar-refractivity contribution in [2.24, 2.45) is 0 Å². The second-order valence-corrected chi connectivity index (χ2v) is 8.35. The Labute approximate surface area is 209 Å². The van der Waals surface area contributed by atoms with Gasteiger partial charge in [0.15, 0.2) is 5.82 Å². The molecule has 0 saturated carbocycles. The third kappa shape index (κ3) is 5.86. The highest BCUT2D eigenvalue weighted by atomic mass is 19.1. The Bertz CT molecular complexity index is 1190. The summed E-state index contributed by atoms with van der Waals surface area (Å²) in [6.45, 7) is 6.06. The molecule has 3 aromatic rings. The van der Waals surface area contributed by atoms with E-state index in [4.69, 9.17) is 4.74 Å². The van der Waals surface area contributed by atoms with Crippen molar-refractivity contribution < 1.29 is 18.7 Å². The summed E-state index contributed by atoms with van der Waals surface area (Å²) >= 11 is 0. The molecule has 0 radical (unpaired) electrons. The number of carbonyl (C=O) groups is 2. The monoisotopic (exact) mass is 489 g/mol. The molecule has 0 bridgehead atoms. The molecule has 1 aromatic heterocycles. The van der Waals surface area contributed by atoms with Crippen LogP contribution in [0.3, 0.4) is 0 Å². The lowest BCUT2D eigenvalue weighted by Crippen LogP contribution is -2.52. The fraction of sp³-hybridized carbons (Fsp3) is 0.259. The first kappa shape index (κ1) is 24.8. The van der Waals surface area contributed by atoms with Crippen LogP contribution in [0.2, 0.25) is 0 Å². The lowest BCUT2D eigenvalue weighted by Gasteiger charge is -2.36. The van der Waals surface area contributed by atoms with Gasteiger partial charge in [-0.2, -0.15) is 0 Å². The summed E-state index contributed by atoms with van der Waals surface area (Å²) in [7, 11) is 1.63. The predicted octanol–water partition coefficient (Wildman–Crippen LogP) is 3.27. The number of aromatic nitrogens is 2. The van der Waals surface area contributed by atoms with Crippen LogP contribution in [0, 0.1) is 5.82 Å². The molecule has 186 valence electrons. The van der Waals surface area contributed by atoms with E-state index in [0.29, 0.717) is 31.7 Å². The number of methoxy groups -OCH3 is 1. The fourth-order valence-electron chi connectivity index (χ4n) is 4.01. The van der Waals surface area contributed by atoms with Gasteiger partial charge in [-0.05, 0) is 60.7 Å². The molecule has 1 aliphatic rings. The minimum Gasteiger partial charge on any atom is -0.497 e. The average molecular weight is 490 g/mol. The Morgan fingerprint density at radius 2 is 1.69 bits per heavy atom. The largest absolute Gasteiger partial charge is 0.497 e. The van der Waals surface area contributed by atoms with Crippen LogP contribution in [0.25, 0.3) is 11.3 Å². The molecule has 0 spiro atoms. The molecule has 36 heavy (non-hydrogen) atoms. The summed E-state index contributed by atoms with van der Waals surface area (Å²) < 4.78 is 18.4. The van der Waals surface area contributed by atoms with Crippen molar-refractivity contribution in [2.75, 3.05) is 51.3 Å². The molecular formula is C27H28FN5O3. The lowest BCUT2D eigenvalue weighted by atomic mass is 10.1. The Hall–Kier alpha value is -4.27. The van der Waals surface area contributed by atoms with Crippen LogP contribution < -0.4 is 9.64 Å². The summed E-state index contributed by atoms with van der Waals surface area (Å²) in [5.74, 6) is 0.625. The zero-order valence-corrected chi connectivity index (χ0v) is 20.1. The van der Waals surface area contributed by atoms with Crippen molar-refractivity contribution in [1.29, 1.82) is 0 Å². The smallest absolute Gasteiger partial charge is 0.254 e. The van der Waals surface area contributed by atoms with Crippen LogP contribution in [0.15, 0.2) is 73.3 Å². The average Bonchev–Trinajstić information content (AvgIpc) is 2.93. The summed E-state index contributed by atoms with van der Waals surface area (Å²) in [4.78, 5) is 31.0. The first-order valence-corrected chi connectivity index (χ1v) is 11.6.